The van der Waals surface area contributed by atoms with E-state index in [1.54, 1.807) is 24.3 Å². The Bertz CT molecular complexity index is 1670. The zero-order valence-electron chi connectivity index (χ0n) is 22.0. The Morgan fingerprint density at radius 3 is 2.41 bits per heavy atom. The number of ketones is 1. The third kappa shape index (κ3) is 6.68. The summed E-state index contributed by atoms with van der Waals surface area (Å²) in [7, 11) is 1.43. The number of methoxy groups -OCH3 is 1. The number of carboxylic acids is 2. The van der Waals surface area contributed by atoms with E-state index < -0.39 is 24.3 Å². The number of carbonyl (C=O) groups excluding carboxylic acids is 2. The molecule has 1 N–H and O–H groups in total. The molecule has 1 aromatic heterocycles. The molecular weight excluding hydrogens is 563 g/mol. The molecule has 5 rings (SSSR count). The van der Waals surface area contributed by atoms with E-state index in [0.717, 1.165) is 11.7 Å². The van der Waals surface area contributed by atoms with Gasteiger partial charge in [0.1, 0.15) is 35.7 Å². The van der Waals surface area contributed by atoms with Crippen molar-refractivity contribution in [2.45, 2.75) is 6.42 Å². The van der Waals surface area contributed by atoms with Crippen molar-refractivity contribution < 1.29 is 73.1 Å². The van der Waals surface area contributed by atoms with E-state index in [-0.39, 0.29) is 64.0 Å². The van der Waals surface area contributed by atoms with Crippen molar-refractivity contribution in [3.05, 3.63) is 76.9 Å². The van der Waals surface area contributed by atoms with Gasteiger partial charge in [0, 0.05) is 29.2 Å². The van der Waals surface area contributed by atoms with E-state index in [1.165, 1.54) is 37.4 Å². The number of hydrogen-bond acceptors (Lipinski definition) is 11. The summed E-state index contributed by atoms with van der Waals surface area (Å²) in [6, 6.07) is 13.9. The minimum Gasteiger partial charge on any atom is -0.545 e. The van der Waals surface area contributed by atoms with Crippen molar-refractivity contribution in [3.63, 3.8) is 0 Å². The second-order valence-electron chi connectivity index (χ2n) is 8.63. The van der Waals surface area contributed by atoms with Gasteiger partial charge >= 0.3 is 35.5 Å². The summed E-state index contributed by atoms with van der Waals surface area (Å²) in [5, 5.41) is 21.8. The van der Waals surface area contributed by atoms with Gasteiger partial charge < -0.3 is 34.0 Å². The number of carbonyl (C=O) groups is 3. The predicted molar refractivity (Wildman–Crippen MR) is 141 cm³/mol. The fourth-order valence-corrected chi connectivity index (χ4v) is 4.78. The Balaban J connectivity index is 0.00000387. The van der Waals surface area contributed by atoms with Crippen LogP contribution in [0.15, 0.2) is 60.2 Å². The summed E-state index contributed by atoms with van der Waals surface area (Å²) >= 11 is 0.974. The molecule has 11 nitrogen and oxygen atoms in total. The van der Waals surface area contributed by atoms with E-state index in [0.29, 0.717) is 47.1 Å². The van der Waals surface area contributed by atoms with Crippen LogP contribution in [0.3, 0.4) is 0 Å². The molecule has 13 heteroatoms. The third-order valence-electron chi connectivity index (χ3n) is 6.12. The summed E-state index contributed by atoms with van der Waals surface area (Å²) < 4.78 is 30.2. The number of fused-ring (bicyclic) bond motifs is 2. The first-order valence-corrected chi connectivity index (χ1v) is 12.7. The molecule has 4 aromatic rings. The van der Waals surface area contributed by atoms with E-state index in [9.17, 15) is 19.5 Å². The van der Waals surface area contributed by atoms with Gasteiger partial charge in [0.15, 0.2) is 23.9 Å². The van der Waals surface area contributed by atoms with Crippen LogP contribution in [0.1, 0.15) is 21.5 Å². The zero-order chi connectivity index (χ0) is 28.2. The van der Waals surface area contributed by atoms with Crippen LogP contribution in [0.25, 0.3) is 16.6 Å². The van der Waals surface area contributed by atoms with Crippen molar-refractivity contribution in [2.75, 3.05) is 26.9 Å². The number of ether oxygens (including phenoxy) is 4. The number of Topliss-reactive ketones (excluding diaryl/α,β-unsaturated/α-hetero) is 1. The van der Waals surface area contributed by atoms with Gasteiger partial charge in [-0.2, -0.15) is 8.75 Å². The first-order chi connectivity index (χ1) is 19.3. The maximum Gasteiger partial charge on any atom is 1.00 e. The second kappa shape index (κ2) is 13.1. The van der Waals surface area contributed by atoms with Crippen LogP contribution in [-0.4, -0.2) is 58.5 Å². The van der Waals surface area contributed by atoms with Crippen molar-refractivity contribution in [2.24, 2.45) is 0 Å². The SMILES string of the molecule is COc1ccc(CC(C(=O)c2ccc3c(c2)OCCO3)=C(C(=O)[O-])c2ccc3nsnc3c2)c(OCC(=O)O)c1.[Na+]. The van der Waals surface area contributed by atoms with Gasteiger partial charge in [0.25, 0.3) is 0 Å². The minimum atomic E-state index is -1.58. The molecule has 1 aliphatic rings. The van der Waals surface area contributed by atoms with E-state index >= 15 is 0 Å². The maximum atomic E-state index is 14.0. The molecule has 1 aliphatic heterocycles. The average Bonchev–Trinajstić information content (AvgIpc) is 3.43. The summed E-state index contributed by atoms with van der Waals surface area (Å²) in [5.41, 5.74) is 1.28. The monoisotopic (exact) mass is 584 g/mol. The van der Waals surface area contributed by atoms with Gasteiger partial charge in [0.05, 0.1) is 24.8 Å². The molecule has 0 spiro atoms. The van der Waals surface area contributed by atoms with Gasteiger partial charge in [-0.1, -0.05) is 12.1 Å². The van der Waals surface area contributed by atoms with Crippen molar-refractivity contribution in [1.29, 1.82) is 0 Å². The minimum absolute atomic E-state index is 0. The molecule has 41 heavy (non-hydrogen) atoms. The van der Waals surface area contributed by atoms with E-state index in [1.807, 2.05) is 0 Å². The summed E-state index contributed by atoms with van der Waals surface area (Å²) in [6.07, 6.45) is -0.233. The molecule has 2 heterocycles. The van der Waals surface area contributed by atoms with Crippen LogP contribution in [0, 0.1) is 0 Å². The normalized spacial score (nSPS) is 12.6. The second-order valence-corrected chi connectivity index (χ2v) is 9.16. The number of rotatable bonds is 10. The number of aromatic nitrogens is 2. The molecule has 0 amide bonds. The summed E-state index contributed by atoms with van der Waals surface area (Å²) in [5.74, 6) is -2.07. The summed E-state index contributed by atoms with van der Waals surface area (Å²) in [6.45, 7) is 0.0103. The Labute approximate surface area is 259 Å². The number of hydrogen-bond donors (Lipinski definition) is 1. The molecule has 0 atom stereocenters. The molecule has 0 aliphatic carbocycles. The van der Waals surface area contributed by atoms with Crippen molar-refractivity contribution in [3.8, 4) is 23.0 Å². The van der Waals surface area contributed by atoms with Gasteiger partial charge in [0.2, 0.25) is 0 Å². The van der Waals surface area contributed by atoms with Crippen LogP contribution in [0.4, 0.5) is 0 Å². The van der Waals surface area contributed by atoms with Crippen LogP contribution in [0.2, 0.25) is 0 Å². The fourth-order valence-electron chi connectivity index (χ4n) is 4.27. The standard InChI is InChI=1S/C28H22N2O9S.Na/c1-36-18-5-2-15(23(13-18)39-14-25(31)32)10-19(27(33)17-4-7-22-24(12-17)38-9-8-37-22)26(28(34)35)16-3-6-20-21(11-16)30-40-29-20;/h2-7,11-13H,8-10,14H2,1H3,(H,31,32)(H,34,35);/q;+1/p-1. The topological polar surface area (TPSA) is 157 Å². The molecule has 0 saturated heterocycles. The van der Waals surface area contributed by atoms with Gasteiger partial charge in [-0.15, -0.1) is 0 Å². The fraction of sp³-hybridized carbons (Fsp3) is 0.179. The molecule has 0 radical (unpaired) electrons. The quantitative estimate of drug-likeness (QED) is 0.147. The number of aliphatic carboxylic acids is 2. The number of carboxylic acid groups (broad SMARTS) is 2. The Morgan fingerprint density at radius 2 is 1.68 bits per heavy atom. The van der Waals surface area contributed by atoms with E-state index in [2.05, 4.69) is 8.75 Å². The van der Waals surface area contributed by atoms with Crippen molar-refractivity contribution >= 4 is 46.1 Å². The molecule has 0 unspecified atom stereocenters. The van der Waals surface area contributed by atoms with Crippen LogP contribution in [0.5, 0.6) is 23.0 Å². The third-order valence-corrected chi connectivity index (χ3v) is 6.68. The number of nitrogens with zero attached hydrogens (tertiary/aromatic N) is 2. The first kappa shape index (κ1) is 30.0. The van der Waals surface area contributed by atoms with Gasteiger partial charge in [-0.05, 0) is 47.5 Å². The van der Waals surface area contributed by atoms with Crippen LogP contribution < -0.4 is 53.6 Å². The molecule has 204 valence electrons. The van der Waals surface area contributed by atoms with Crippen LogP contribution >= 0.6 is 11.7 Å². The van der Waals surface area contributed by atoms with Crippen LogP contribution in [-0.2, 0) is 16.0 Å². The zero-order valence-corrected chi connectivity index (χ0v) is 24.9. The molecule has 0 fully saturated rings. The largest absolute Gasteiger partial charge is 1.00 e. The van der Waals surface area contributed by atoms with Gasteiger partial charge in [-0.3, -0.25) is 4.79 Å². The predicted octanol–water partition coefficient (Wildman–Crippen LogP) is -0.432. The van der Waals surface area contributed by atoms with E-state index in [4.69, 9.17) is 24.1 Å². The van der Waals surface area contributed by atoms with Crippen molar-refractivity contribution in [1.82, 2.24) is 8.75 Å². The maximum absolute atomic E-state index is 14.0. The smallest absolute Gasteiger partial charge is 0.545 e. The molecular formula is C28H21N2NaO9S. The molecule has 3 aromatic carbocycles. The number of allylic oxidation sites excluding steroid dienone is 1. The summed E-state index contributed by atoms with van der Waals surface area (Å²) in [4.78, 5) is 37.9. The Morgan fingerprint density at radius 1 is 0.951 bits per heavy atom. The Kier molecular flexibility index (Phi) is 9.61. The molecule has 0 saturated carbocycles. The Hall–Kier alpha value is -3.97. The molecule has 0 bridgehead atoms. The first-order valence-electron chi connectivity index (χ1n) is 12.0. The number of benzene rings is 3. The van der Waals surface area contributed by atoms with Gasteiger partial charge in [-0.25, -0.2) is 4.79 Å². The average molecular weight is 585 g/mol.